The lowest BCUT2D eigenvalue weighted by atomic mass is 10.2. The highest BCUT2D eigenvalue weighted by Gasteiger charge is 2.19. The van der Waals surface area contributed by atoms with E-state index in [4.69, 9.17) is 14.5 Å². The number of hydrogen-bond acceptors (Lipinski definition) is 5. The molecule has 2 fully saturated rings. The lowest BCUT2D eigenvalue weighted by Gasteiger charge is -2.32. The Morgan fingerprint density at radius 3 is 2.86 bits per heavy atom. The number of morpholine rings is 1. The van der Waals surface area contributed by atoms with Crippen LogP contribution in [-0.4, -0.2) is 67.4 Å². The van der Waals surface area contributed by atoms with E-state index in [9.17, 15) is 0 Å². The highest BCUT2D eigenvalue weighted by Crippen LogP contribution is 2.25. The predicted molar refractivity (Wildman–Crippen MR) is 112 cm³/mol. The number of hydrogen-bond donors (Lipinski definition) is 2. The lowest BCUT2D eigenvalue weighted by molar-refractivity contribution is 0.0211. The number of nitrogens with zero attached hydrogens (tertiary/aromatic N) is 3. The third-order valence-corrected chi connectivity index (χ3v) is 5.42. The smallest absolute Gasteiger partial charge is 0.218 e. The molecule has 1 aromatic heterocycles. The topological polar surface area (TPSA) is 71.0 Å². The van der Waals surface area contributed by atoms with Crippen molar-refractivity contribution in [2.75, 3.05) is 39.4 Å². The van der Waals surface area contributed by atoms with Crippen LogP contribution in [0.5, 0.6) is 5.88 Å². The predicted octanol–water partition coefficient (Wildman–Crippen LogP) is 2.18. The number of pyridine rings is 1. The monoisotopic (exact) mass is 389 g/mol. The van der Waals surface area contributed by atoms with E-state index in [2.05, 4.69) is 40.4 Å². The fourth-order valence-electron chi connectivity index (χ4n) is 3.71. The van der Waals surface area contributed by atoms with Crippen LogP contribution in [0.25, 0.3) is 0 Å². The van der Waals surface area contributed by atoms with Gasteiger partial charge in [-0.1, -0.05) is 6.07 Å². The molecule has 2 aliphatic rings. The summed E-state index contributed by atoms with van der Waals surface area (Å²) in [5, 5.41) is 6.81. The van der Waals surface area contributed by atoms with E-state index < -0.39 is 0 Å². The van der Waals surface area contributed by atoms with E-state index in [0.717, 1.165) is 69.6 Å². The molecule has 7 heteroatoms. The Hall–Kier alpha value is -1.86. The Balaban J connectivity index is 1.56. The van der Waals surface area contributed by atoms with Crippen LogP contribution in [0.3, 0.4) is 0 Å². The summed E-state index contributed by atoms with van der Waals surface area (Å²) in [4.78, 5) is 11.7. The molecule has 0 spiro atoms. The summed E-state index contributed by atoms with van der Waals surface area (Å²) in [7, 11) is 0. The van der Waals surface area contributed by atoms with Crippen LogP contribution in [0, 0.1) is 0 Å². The molecule has 2 N–H and O–H groups in total. The van der Waals surface area contributed by atoms with Gasteiger partial charge in [0.1, 0.15) is 6.10 Å². The van der Waals surface area contributed by atoms with Gasteiger partial charge in [0.15, 0.2) is 5.96 Å². The van der Waals surface area contributed by atoms with Gasteiger partial charge in [-0.05, 0) is 45.6 Å². The molecule has 1 aliphatic heterocycles. The molecule has 1 aliphatic carbocycles. The van der Waals surface area contributed by atoms with Crippen molar-refractivity contribution in [3.63, 3.8) is 0 Å². The van der Waals surface area contributed by atoms with Gasteiger partial charge in [0, 0.05) is 44.0 Å². The van der Waals surface area contributed by atoms with Crippen LogP contribution in [0.15, 0.2) is 23.3 Å². The Morgan fingerprint density at radius 1 is 1.32 bits per heavy atom. The van der Waals surface area contributed by atoms with Gasteiger partial charge in [-0.2, -0.15) is 0 Å². The molecule has 0 amide bonds. The van der Waals surface area contributed by atoms with Crippen molar-refractivity contribution in [1.82, 2.24) is 20.5 Å². The van der Waals surface area contributed by atoms with Gasteiger partial charge in [0.2, 0.25) is 5.88 Å². The van der Waals surface area contributed by atoms with E-state index in [1.54, 1.807) is 6.20 Å². The molecule has 1 atom stereocenters. The zero-order valence-electron chi connectivity index (χ0n) is 17.3. The van der Waals surface area contributed by atoms with Gasteiger partial charge >= 0.3 is 0 Å². The van der Waals surface area contributed by atoms with Gasteiger partial charge in [0.05, 0.1) is 19.8 Å². The van der Waals surface area contributed by atoms with Crippen LogP contribution in [0.4, 0.5) is 0 Å². The van der Waals surface area contributed by atoms with Crippen LogP contribution < -0.4 is 15.4 Å². The van der Waals surface area contributed by atoms with Gasteiger partial charge in [-0.3, -0.25) is 4.90 Å². The molecule has 1 saturated heterocycles. The zero-order valence-corrected chi connectivity index (χ0v) is 17.3. The van der Waals surface area contributed by atoms with Crippen LogP contribution in [0.2, 0.25) is 0 Å². The minimum Gasteiger partial charge on any atom is -0.474 e. The van der Waals surface area contributed by atoms with Crippen molar-refractivity contribution >= 4 is 5.96 Å². The number of nitrogens with one attached hydrogen (secondary N) is 2. The molecule has 1 saturated carbocycles. The molecule has 1 unspecified atom stereocenters. The van der Waals surface area contributed by atoms with Crippen molar-refractivity contribution in [2.24, 2.45) is 4.99 Å². The summed E-state index contributed by atoms with van der Waals surface area (Å²) in [6.07, 6.45) is 6.86. The maximum Gasteiger partial charge on any atom is 0.218 e. The minimum atomic E-state index is 0.304. The molecule has 156 valence electrons. The average molecular weight is 390 g/mol. The quantitative estimate of drug-likeness (QED) is 0.525. The third kappa shape index (κ3) is 6.34. The first-order chi connectivity index (χ1) is 13.8. The Kier molecular flexibility index (Phi) is 8.36. The molecule has 1 aromatic rings. The first kappa shape index (κ1) is 20.9. The number of rotatable bonds is 8. The van der Waals surface area contributed by atoms with Crippen molar-refractivity contribution in [1.29, 1.82) is 0 Å². The molecule has 7 nitrogen and oxygen atoms in total. The number of aromatic nitrogens is 1. The fourth-order valence-corrected chi connectivity index (χ4v) is 3.71. The van der Waals surface area contributed by atoms with E-state index in [0.29, 0.717) is 18.7 Å². The van der Waals surface area contributed by atoms with Crippen LogP contribution >= 0.6 is 0 Å². The summed E-state index contributed by atoms with van der Waals surface area (Å²) in [6.45, 7) is 10.2. The van der Waals surface area contributed by atoms with Crippen molar-refractivity contribution < 1.29 is 9.47 Å². The second-order valence-corrected chi connectivity index (χ2v) is 7.57. The standard InChI is InChI=1S/C21H35N5O2/c1-3-22-21(24-15-17(2)26-11-13-27-14-12-26)25-16-18-7-6-10-23-20(18)28-19-8-4-5-9-19/h6-7,10,17,19H,3-5,8-9,11-16H2,1-2H3,(H2,22,24,25). The molecule has 0 bridgehead atoms. The van der Waals surface area contributed by atoms with Gasteiger partial charge in [-0.25, -0.2) is 9.98 Å². The molecule has 3 rings (SSSR count). The summed E-state index contributed by atoms with van der Waals surface area (Å²) in [5.74, 6) is 1.56. The molecule has 0 radical (unpaired) electrons. The zero-order chi connectivity index (χ0) is 19.6. The maximum absolute atomic E-state index is 6.14. The van der Waals surface area contributed by atoms with Crippen LogP contribution in [-0.2, 0) is 11.3 Å². The Morgan fingerprint density at radius 2 is 2.11 bits per heavy atom. The molecule has 2 heterocycles. The normalized spacial score (nSPS) is 20.1. The first-order valence-corrected chi connectivity index (χ1v) is 10.7. The summed E-state index contributed by atoms with van der Waals surface area (Å²) in [6, 6.07) is 4.45. The van der Waals surface area contributed by atoms with Crippen molar-refractivity contribution in [3.05, 3.63) is 23.9 Å². The number of ether oxygens (including phenoxy) is 2. The highest BCUT2D eigenvalue weighted by molar-refractivity contribution is 5.79. The lowest BCUT2D eigenvalue weighted by Crippen LogP contribution is -2.49. The average Bonchev–Trinajstić information content (AvgIpc) is 3.24. The summed E-state index contributed by atoms with van der Waals surface area (Å²) >= 11 is 0. The van der Waals surface area contributed by atoms with Crippen molar-refractivity contribution in [3.8, 4) is 5.88 Å². The van der Waals surface area contributed by atoms with Gasteiger partial charge in [-0.15, -0.1) is 0 Å². The van der Waals surface area contributed by atoms with Gasteiger partial charge < -0.3 is 20.1 Å². The summed E-state index contributed by atoms with van der Waals surface area (Å²) in [5.41, 5.74) is 1.04. The van der Waals surface area contributed by atoms with Crippen LogP contribution in [0.1, 0.15) is 45.1 Å². The fraction of sp³-hybridized carbons (Fsp3) is 0.714. The minimum absolute atomic E-state index is 0.304. The first-order valence-electron chi connectivity index (χ1n) is 10.7. The highest BCUT2D eigenvalue weighted by atomic mass is 16.5. The summed E-state index contributed by atoms with van der Waals surface area (Å²) < 4.78 is 11.6. The molecule has 0 aromatic carbocycles. The second-order valence-electron chi connectivity index (χ2n) is 7.57. The van der Waals surface area contributed by atoms with E-state index >= 15 is 0 Å². The Bertz CT molecular complexity index is 613. The largest absolute Gasteiger partial charge is 0.474 e. The van der Waals surface area contributed by atoms with E-state index in [1.165, 1.54) is 12.8 Å². The Labute approximate surface area is 168 Å². The van der Waals surface area contributed by atoms with E-state index in [-0.39, 0.29) is 0 Å². The third-order valence-electron chi connectivity index (χ3n) is 5.42. The molecular formula is C21H35N5O2. The number of guanidine groups is 1. The van der Waals surface area contributed by atoms with Crippen molar-refractivity contribution in [2.45, 2.75) is 58.2 Å². The SMILES string of the molecule is CCNC(=NCc1cccnc1OC1CCCC1)NCC(C)N1CCOCC1. The molecule has 28 heavy (non-hydrogen) atoms. The second kappa shape index (κ2) is 11.2. The van der Waals surface area contributed by atoms with Gasteiger partial charge in [0.25, 0.3) is 0 Å². The van der Waals surface area contributed by atoms with E-state index in [1.807, 2.05) is 6.07 Å². The number of aliphatic imine (C=N–C) groups is 1. The maximum atomic E-state index is 6.14. The molecular weight excluding hydrogens is 354 g/mol.